The van der Waals surface area contributed by atoms with E-state index in [-0.39, 0.29) is 18.1 Å². The maximum Gasteiger partial charge on any atom is 0.417 e. The second kappa shape index (κ2) is 9.34. The summed E-state index contributed by atoms with van der Waals surface area (Å²) in [6.07, 6.45) is -3.00. The van der Waals surface area contributed by atoms with Crippen LogP contribution in [0.1, 0.15) is 30.5 Å². The molecule has 1 aliphatic heterocycles. The monoisotopic (exact) mass is 447 g/mol. The molecule has 2 heterocycles. The van der Waals surface area contributed by atoms with Gasteiger partial charge in [-0.3, -0.25) is 0 Å². The number of amides is 2. The lowest BCUT2D eigenvalue weighted by Gasteiger charge is -2.45. The number of ether oxygens (including phenoxy) is 1. The van der Waals surface area contributed by atoms with Crippen molar-refractivity contribution in [3.63, 3.8) is 0 Å². The number of benzene rings is 1. The Morgan fingerprint density at radius 2 is 2.00 bits per heavy atom. The molecule has 2 aromatic rings. The average Bonchev–Trinajstić information content (AvgIpc) is 2.78. The van der Waals surface area contributed by atoms with E-state index in [2.05, 4.69) is 10.3 Å². The first-order valence-electron chi connectivity index (χ1n) is 10.1. The molecule has 1 saturated heterocycles. The molecular weight excluding hydrogens is 423 g/mol. The second-order valence-corrected chi connectivity index (χ2v) is 7.71. The number of methoxy groups -OCH3 is 1. The van der Waals surface area contributed by atoms with Crippen LogP contribution in [0.3, 0.4) is 0 Å². The number of rotatable bonds is 4. The topological polar surface area (TPSA) is 81.5 Å². The van der Waals surface area contributed by atoms with Gasteiger partial charge in [0.15, 0.2) is 0 Å². The SMILES string of the molecule is COc1ccc(CNC(=O)N2C[C@H](C)N(c3ccc(C#N)c(C(F)(F)F)c3)C[C@H]2C)cn1. The molecule has 10 heteroatoms. The summed E-state index contributed by atoms with van der Waals surface area (Å²) < 4.78 is 45.1. The second-order valence-electron chi connectivity index (χ2n) is 7.71. The van der Waals surface area contributed by atoms with Gasteiger partial charge in [0.2, 0.25) is 5.88 Å². The minimum atomic E-state index is -4.62. The number of carbonyl (C=O) groups excluding carboxylic acids is 1. The Balaban J connectivity index is 1.68. The van der Waals surface area contributed by atoms with E-state index in [9.17, 15) is 18.0 Å². The number of halogens is 3. The van der Waals surface area contributed by atoms with Gasteiger partial charge in [-0.15, -0.1) is 0 Å². The van der Waals surface area contributed by atoms with Gasteiger partial charge in [0.05, 0.1) is 24.3 Å². The summed E-state index contributed by atoms with van der Waals surface area (Å²) in [4.78, 5) is 20.3. The third-order valence-electron chi connectivity index (χ3n) is 5.46. The van der Waals surface area contributed by atoms with E-state index in [1.54, 1.807) is 29.3 Å². The fourth-order valence-electron chi connectivity index (χ4n) is 3.73. The summed E-state index contributed by atoms with van der Waals surface area (Å²) in [6, 6.07) is 8.13. The molecule has 1 aromatic carbocycles. The summed E-state index contributed by atoms with van der Waals surface area (Å²) in [7, 11) is 1.52. The Hall–Kier alpha value is -3.48. The maximum absolute atomic E-state index is 13.3. The van der Waals surface area contributed by atoms with E-state index >= 15 is 0 Å². The molecule has 32 heavy (non-hydrogen) atoms. The molecule has 2 atom stereocenters. The fourth-order valence-corrected chi connectivity index (χ4v) is 3.73. The smallest absolute Gasteiger partial charge is 0.417 e. The molecule has 0 aliphatic carbocycles. The van der Waals surface area contributed by atoms with E-state index in [1.807, 2.05) is 18.7 Å². The highest BCUT2D eigenvalue weighted by molar-refractivity contribution is 5.75. The highest BCUT2D eigenvalue weighted by Crippen LogP contribution is 2.35. The molecule has 1 N–H and O–H groups in total. The molecule has 1 aliphatic rings. The van der Waals surface area contributed by atoms with Crippen LogP contribution >= 0.6 is 0 Å². The van der Waals surface area contributed by atoms with Crippen LogP contribution < -0.4 is 15.0 Å². The molecule has 1 fully saturated rings. The summed E-state index contributed by atoms with van der Waals surface area (Å²) in [6.45, 7) is 4.70. The number of hydrogen-bond acceptors (Lipinski definition) is 5. The number of nitriles is 1. The molecule has 7 nitrogen and oxygen atoms in total. The zero-order chi connectivity index (χ0) is 23.5. The van der Waals surface area contributed by atoms with Gasteiger partial charge in [0.1, 0.15) is 0 Å². The van der Waals surface area contributed by atoms with Crippen molar-refractivity contribution in [3.05, 3.63) is 53.2 Å². The largest absolute Gasteiger partial charge is 0.481 e. The molecule has 0 saturated carbocycles. The van der Waals surface area contributed by atoms with Crippen LogP contribution in [0.25, 0.3) is 0 Å². The minimum Gasteiger partial charge on any atom is -0.481 e. The van der Waals surface area contributed by atoms with Crippen LogP contribution in [0.15, 0.2) is 36.5 Å². The van der Waals surface area contributed by atoms with Crippen LogP contribution in [0.5, 0.6) is 5.88 Å². The van der Waals surface area contributed by atoms with Gasteiger partial charge in [0.25, 0.3) is 0 Å². The fraction of sp³-hybridized carbons (Fsp3) is 0.409. The first-order chi connectivity index (χ1) is 15.1. The number of pyridine rings is 1. The molecule has 0 unspecified atom stereocenters. The molecule has 0 radical (unpaired) electrons. The molecule has 2 amide bonds. The summed E-state index contributed by atoms with van der Waals surface area (Å²) in [5.41, 5.74) is -0.172. The molecule has 0 bridgehead atoms. The number of piperazine rings is 1. The number of aromatic nitrogens is 1. The molecule has 3 rings (SSSR count). The molecule has 1 aromatic heterocycles. The first-order valence-corrected chi connectivity index (χ1v) is 10.1. The van der Waals surface area contributed by atoms with Crippen molar-refractivity contribution in [1.29, 1.82) is 5.26 Å². The van der Waals surface area contributed by atoms with Crippen LogP contribution in [0, 0.1) is 11.3 Å². The lowest BCUT2D eigenvalue weighted by atomic mass is 10.0. The van der Waals surface area contributed by atoms with Crippen molar-refractivity contribution in [2.45, 2.75) is 38.7 Å². The predicted octanol–water partition coefficient (Wildman–Crippen LogP) is 3.79. The Morgan fingerprint density at radius 3 is 2.59 bits per heavy atom. The van der Waals surface area contributed by atoms with E-state index in [0.29, 0.717) is 31.2 Å². The number of nitrogens with zero attached hydrogens (tertiary/aromatic N) is 4. The number of alkyl halides is 3. The Bertz CT molecular complexity index is 1000. The van der Waals surface area contributed by atoms with Crippen molar-refractivity contribution >= 4 is 11.7 Å². The standard InChI is InChI=1S/C22H24F3N5O2/c1-14-13-30(21(31)28-11-16-4-7-20(32-3)27-10-16)15(2)12-29(14)18-6-5-17(9-26)19(8-18)22(23,24)25/h4-8,10,14-15H,11-13H2,1-3H3,(H,28,31)/t14-,15+/m0/s1. The highest BCUT2D eigenvalue weighted by atomic mass is 19.4. The van der Waals surface area contributed by atoms with Gasteiger partial charge < -0.3 is 19.9 Å². The molecular formula is C22H24F3N5O2. The van der Waals surface area contributed by atoms with Crippen molar-refractivity contribution in [3.8, 4) is 11.9 Å². The summed E-state index contributed by atoms with van der Waals surface area (Å²) in [5.74, 6) is 0.482. The number of anilines is 1. The minimum absolute atomic E-state index is 0.214. The van der Waals surface area contributed by atoms with Crippen LogP contribution in [0.4, 0.5) is 23.7 Å². The van der Waals surface area contributed by atoms with Crippen molar-refractivity contribution in [2.24, 2.45) is 0 Å². The lowest BCUT2D eigenvalue weighted by molar-refractivity contribution is -0.137. The number of carbonyl (C=O) groups is 1. The van der Waals surface area contributed by atoms with Gasteiger partial charge in [-0.1, -0.05) is 6.07 Å². The number of urea groups is 1. The maximum atomic E-state index is 13.3. The first kappa shape index (κ1) is 23.2. The Kier molecular flexibility index (Phi) is 6.77. The predicted molar refractivity (Wildman–Crippen MR) is 112 cm³/mol. The van der Waals surface area contributed by atoms with Crippen molar-refractivity contribution in [1.82, 2.24) is 15.2 Å². The summed E-state index contributed by atoms with van der Waals surface area (Å²) >= 11 is 0. The third kappa shape index (κ3) is 5.04. The van der Waals surface area contributed by atoms with Crippen molar-refractivity contribution < 1.29 is 22.7 Å². The zero-order valence-corrected chi connectivity index (χ0v) is 18.0. The van der Waals surface area contributed by atoms with Gasteiger partial charge >= 0.3 is 12.2 Å². The van der Waals surface area contributed by atoms with Crippen LogP contribution in [-0.2, 0) is 12.7 Å². The van der Waals surface area contributed by atoms with Gasteiger partial charge in [-0.2, -0.15) is 18.4 Å². The highest BCUT2D eigenvalue weighted by Gasteiger charge is 2.36. The Labute approximate surface area is 184 Å². The zero-order valence-electron chi connectivity index (χ0n) is 18.0. The summed E-state index contributed by atoms with van der Waals surface area (Å²) in [5, 5.41) is 11.9. The average molecular weight is 447 g/mol. The molecule has 170 valence electrons. The van der Waals surface area contributed by atoms with E-state index < -0.39 is 17.3 Å². The molecule has 0 spiro atoms. The van der Waals surface area contributed by atoms with Gasteiger partial charge in [0, 0.05) is 49.7 Å². The Morgan fingerprint density at radius 1 is 1.25 bits per heavy atom. The quantitative estimate of drug-likeness (QED) is 0.771. The van der Waals surface area contributed by atoms with Crippen LogP contribution in [-0.4, -0.2) is 48.2 Å². The number of nitrogens with one attached hydrogen (secondary N) is 1. The normalized spacial score (nSPS) is 18.8. The van der Waals surface area contributed by atoms with Crippen molar-refractivity contribution in [2.75, 3.05) is 25.1 Å². The third-order valence-corrected chi connectivity index (χ3v) is 5.46. The van der Waals surface area contributed by atoms with E-state index in [1.165, 1.54) is 19.2 Å². The van der Waals surface area contributed by atoms with Crippen LogP contribution in [0.2, 0.25) is 0 Å². The number of hydrogen-bond donors (Lipinski definition) is 1. The van der Waals surface area contributed by atoms with E-state index in [0.717, 1.165) is 11.6 Å². The van der Waals surface area contributed by atoms with E-state index in [4.69, 9.17) is 10.00 Å². The van der Waals surface area contributed by atoms with Gasteiger partial charge in [-0.05, 0) is 37.6 Å². The van der Waals surface area contributed by atoms with Gasteiger partial charge in [-0.25, -0.2) is 9.78 Å². The lowest BCUT2D eigenvalue weighted by Crippen LogP contribution is -2.60.